The van der Waals surface area contributed by atoms with Crippen molar-refractivity contribution in [2.24, 2.45) is 5.41 Å². The van der Waals surface area contributed by atoms with Gasteiger partial charge in [0.1, 0.15) is 0 Å². The van der Waals surface area contributed by atoms with E-state index in [1.807, 2.05) is 0 Å². The third-order valence-corrected chi connectivity index (χ3v) is 3.94. The minimum Gasteiger partial charge on any atom is -0.268 e. The summed E-state index contributed by atoms with van der Waals surface area (Å²) in [5, 5.41) is 4.10. The Kier molecular flexibility index (Phi) is 3.14. The SMILES string of the molecule is O=c1cccnn1CC1(CS)CCCC1. The molecule has 1 fully saturated rings. The molecule has 82 valence electrons. The molecule has 0 radical (unpaired) electrons. The molecule has 1 aliphatic rings. The average Bonchev–Trinajstić information content (AvgIpc) is 2.71. The molecule has 0 amide bonds. The quantitative estimate of drug-likeness (QED) is 0.794. The fourth-order valence-electron chi connectivity index (χ4n) is 2.31. The van der Waals surface area contributed by atoms with Crippen LogP contribution in [0.25, 0.3) is 0 Å². The maximum atomic E-state index is 11.5. The summed E-state index contributed by atoms with van der Waals surface area (Å²) in [6.07, 6.45) is 6.51. The summed E-state index contributed by atoms with van der Waals surface area (Å²) in [5.41, 5.74) is 0.187. The molecule has 0 saturated heterocycles. The summed E-state index contributed by atoms with van der Waals surface area (Å²) in [6.45, 7) is 0.718. The third kappa shape index (κ3) is 2.25. The summed E-state index contributed by atoms with van der Waals surface area (Å²) in [4.78, 5) is 11.5. The fraction of sp³-hybridized carbons (Fsp3) is 0.636. The average molecular weight is 224 g/mol. The molecule has 1 aromatic rings. The van der Waals surface area contributed by atoms with E-state index in [0.717, 1.165) is 12.3 Å². The Balaban J connectivity index is 2.20. The van der Waals surface area contributed by atoms with Crippen LogP contribution < -0.4 is 5.56 Å². The van der Waals surface area contributed by atoms with E-state index in [1.165, 1.54) is 25.7 Å². The first-order valence-electron chi connectivity index (χ1n) is 5.39. The fourth-order valence-corrected chi connectivity index (χ4v) is 2.73. The number of hydrogen-bond acceptors (Lipinski definition) is 3. The first-order chi connectivity index (χ1) is 7.26. The predicted octanol–water partition coefficient (Wildman–Crippen LogP) is 1.73. The van der Waals surface area contributed by atoms with Crippen LogP contribution in [0.3, 0.4) is 0 Å². The van der Waals surface area contributed by atoms with Gasteiger partial charge in [-0.1, -0.05) is 12.8 Å². The maximum Gasteiger partial charge on any atom is 0.266 e. The molecule has 4 heteroatoms. The van der Waals surface area contributed by atoms with Crippen molar-refractivity contribution in [3.63, 3.8) is 0 Å². The van der Waals surface area contributed by atoms with Crippen LogP contribution in [-0.4, -0.2) is 15.5 Å². The molecule has 15 heavy (non-hydrogen) atoms. The molecule has 0 spiro atoms. The van der Waals surface area contributed by atoms with Gasteiger partial charge in [-0.2, -0.15) is 17.7 Å². The highest BCUT2D eigenvalue weighted by atomic mass is 32.1. The second-order valence-corrected chi connectivity index (χ2v) is 4.70. The van der Waals surface area contributed by atoms with Crippen LogP contribution in [0, 0.1) is 5.41 Å². The van der Waals surface area contributed by atoms with E-state index >= 15 is 0 Å². The lowest BCUT2D eigenvalue weighted by molar-refractivity contribution is 0.270. The lowest BCUT2D eigenvalue weighted by atomic mass is 9.88. The molecule has 0 atom stereocenters. The van der Waals surface area contributed by atoms with Gasteiger partial charge in [0.15, 0.2) is 0 Å². The summed E-state index contributed by atoms with van der Waals surface area (Å²) in [7, 11) is 0. The molecule has 0 aromatic carbocycles. The van der Waals surface area contributed by atoms with Crippen molar-refractivity contribution < 1.29 is 0 Å². The molecule has 1 aromatic heterocycles. The van der Waals surface area contributed by atoms with Gasteiger partial charge in [-0.25, -0.2) is 4.68 Å². The number of aromatic nitrogens is 2. The second-order valence-electron chi connectivity index (χ2n) is 4.38. The van der Waals surface area contributed by atoms with E-state index in [0.29, 0.717) is 0 Å². The zero-order chi connectivity index (χ0) is 10.7. The number of thiol groups is 1. The summed E-state index contributed by atoms with van der Waals surface area (Å²) in [5.74, 6) is 0.843. The topological polar surface area (TPSA) is 34.9 Å². The maximum absolute atomic E-state index is 11.5. The van der Waals surface area contributed by atoms with E-state index < -0.39 is 0 Å². The minimum atomic E-state index is -0.00874. The first kappa shape index (κ1) is 10.7. The van der Waals surface area contributed by atoms with E-state index in [9.17, 15) is 4.79 Å². The Morgan fingerprint density at radius 2 is 2.20 bits per heavy atom. The molecule has 0 unspecified atom stereocenters. The molecule has 0 bridgehead atoms. The van der Waals surface area contributed by atoms with Crippen molar-refractivity contribution in [3.05, 3.63) is 28.7 Å². The number of rotatable bonds is 3. The van der Waals surface area contributed by atoms with Crippen molar-refractivity contribution in [2.75, 3.05) is 5.75 Å². The molecular weight excluding hydrogens is 208 g/mol. The van der Waals surface area contributed by atoms with E-state index in [2.05, 4.69) is 17.7 Å². The van der Waals surface area contributed by atoms with Gasteiger partial charge in [0.25, 0.3) is 5.56 Å². The Bertz CT molecular complexity index is 382. The van der Waals surface area contributed by atoms with Gasteiger partial charge in [-0.05, 0) is 30.1 Å². The van der Waals surface area contributed by atoms with E-state index in [4.69, 9.17) is 0 Å². The molecule has 2 rings (SSSR count). The summed E-state index contributed by atoms with van der Waals surface area (Å²) in [6, 6.07) is 3.25. The highest BCUT2D eigenvalue weighted by Gasteiger charge is 2.33. The lowest BCUT2D eigenvalue weighted by Gasteiger charge is -2.26. The van der Waals surface area contributed by atoms with Gasteiger partial charge < -0.3 is 0 Å². The standard InChI is InChI=1S/C11H16N2OS/c14-10-4-3-7-12-13(10)8-11(9-15)5-1-2-6-11/h3-4,7,15H,1-2,5-6,8-9H2. The number of nitrogens with zero attached hydrogens (tertiary/aromatic N) is 2. The van der Waals surface area contributed by atoms with E-state index in [1.54, 1.807) is 23.0 Å². The zero-order valence-corrected chi connectivity index (χ0v) is 9.62. The summed E-state index contributed by atoms with van der Waals surface area (Å²) < 4.78 is 1.57. The molecule has 0 aliphatic heterocycles. The molecule has 0 N–H and O–H groups in total. The van der Waals surface area contributed by atoms with Crippen molar-refractivity contribution in [3.8, 4) is 0 Å². The first-order valence-corrected chi connectivity index (χ1v) is 6.02. The van der Waals surface area contributed by atoms with Crippen LogP contribution in [0.15, 0.2) is 23.1 Å². The predicted molar refractivity (Wildman–Crippen MR) is 63.3 cm³/mol. The van der Waals surface area contributed by atoms with Crippen LogP contribution in [0.5, 0.6) is 0 Å². The normalized spacial score (nSPS) is 19.3. The highest BCUT2D eigenvalue weighted by molar-refractivity contribution is 7.80. The zero-order valence-electron chi connectivity index (χ0n) is 8.72. The van der Waals surface area contributed by atoms with Gasteiger partial charge in [-0.3, -0.25) is 4.79 Å². The Morgan fingerprint density at radius 1 is 1.47 bits per heavy atom. The van der Waals surface area contributed by atoms with Crippen molar-refractivity contribution in [1.82, 2.24) is 9.78 Å². The van der Waals surface area contributed by atoms with Crippen molar-refractivity contribution >= 4 is 12.6 Å². The smallest absolute Gasteiger partial charge is 0.266 e. The largest absolute Gasteiger partial charge is 0.268 e. The Hall–Kier alpha value is -0.770. The third-order valence-electron chi connectivity index (χ3n) is 3.27. The molecule has 1 saturated carbocycles. The highest BCUT2D eigenvalue weighted by Crippen LogP contribution is 2.39. The van der Waals surface area contributed by atoms with Crippen LogP contribution in [0.1, 0.15) is 25.7 Å². The van der Waals surface area contributed by atoms with Gasteiger partial charge in [0, 0.05) is 12.3 Å². The van der Waals surface area contributed by atoms with Crippen LogP contribution >= 0.6 is 12.6 Å². The van der Waals surface area contributed by atoms with Crippen LogP contribution in [-0.2, 0) is 6.54 Å². The van der Waals surface area contributed by atoms with Crippen LogP contribution in [0.4, 0.5) is 0 Å². The monoisotopic (exact) mass is 224 g/mol. The van der Waals surface area contributed by atoms with Gasteiger partial charge in [0.2, 0.25) is 0 Å². The van der Waals surface area contributed by atoms with Crippen molar-refractivity contribution in [2.45, 2.75) is 32.2 Å². The Labute approximate surface area is 94.9 Å². The summed E-state index contributed by atoms with van der Waals surface area (Å²) >= 11 is 4.42. The van der Waals surface area contributed by atoms with Gasteiger partial charge >= 0.3 is 0 Å². The second kappa shape index (κ2) is 4.39. The van der Waals surface area contributed by atoms with Crippen LogP contribution in [0.2, 0.25) is 0 Å². The Morgan fingerprint density at radius 3 is 2.80 bits per heavy atom. The minimum absolute atomic E-state index is 0.00874. The number of hydrogen-bond donors (Lipinski definition) is 1. The molecule has 1 heterocycles. The molecule has 3 nitrogen and oxygen atoms in total. The lowest BCUT2D eigenvalue weighted by Crippen LogP contribution is -2.32. The molecular formula is C11H16N2OS. The van der Waals surface area contributed by atoms with Gasteiger partial charge in [-0.15, -0.1) is 0 Å². The molecule has 1 aliphatic carbocycles. The van der Waals surface area contributed by atoms with E-state index in [-0.39, 0.29) is 11.0 Å². The van der Waals surface area contributed by atoms with Crippen molar-refractivity contribution in [1.29, 1.82) is 0 Å². The van der Waals surface area contributed by atoms with Gasteiger partial charge in [0.05, 0.1) is 6.54 Å².